The maximum absolute atomic E-state index is 11.4. The average Bonchev–Trinajstić information content (AvgIpc) is 2.31. The van der Waals surface area contributed by atoms with Crippen LogP contribution in [0.3, 0.4) is 0 Å². The summed E-state index contributed by atoms with van der Waals surface area (Å²) in [5.41, 5.74) is 0.563. The lowest BCUT2D eigenvalue weighted by atomic mass is 10.3. The van der Waals surface area contributed by atoms with E-state index in [1.807, 2.05) is 6.92 Å². The van der Waals surface area contributed by atoms with Crippen LogP contribution in [0.1, 0.15) is 13.8 Å². The Hall–Kier alpha value is -2.24. The van der Waals surface area contributed by atoms with Gasteiger partial charge in [0.05, 0.1) is 6.61 Å². The molecule has 1 aromatic carbocycles. The number of rotatable bonds is 5. The van der Waals surface area contributed by atoms with Crippen LogP contribution in [0.4, 0.5) is 10.5 Å². The van der Waals surface area contributed by atoms with E-state index in [0.29, 0.717) is 18.0 Å². The van der Waals surface area contributed by atoms with Crippen LogP contribution in [0, 0.1) is 0 Å². The number of nitrogens with one attached hydrogen (secondary N) is 2. The number of amides is 2. The highest BCUT2D eigenvalue weighted by molar-refractivity contribution is 5.92. The van der Waals surface area contributed by atoms with Crippen LogP contribution < -0.4 is 15.4 Å². The van der Waals surface area contributed by atoms with Crippen molar-refractivity contribution in [1.29, 1.82) is 0 Å². The maximum atomic E-state index is 11.4. The van der Waals surface area contributed by atoms with Gasteiger partial charge in [0, 0.05) is 5.69 Å². The standard InChI is InChI=1S/C12H16N2O4/c1-3-18-10-6-4-9(5-7-10)14-12(17)13-8(2)11(15)16/h4-8H,3H2,1-2H3,(H,15,16)(H2,13,14,17). The minimum atomic E-state index is -1.09. The first-order valence-corrected chi connectivity index (χ1v) is 5.56. The van der Waals surface area contributed by atoms with Crippen molar-refractivity contribution in [1.82, 2.24) is 5.32 Å². The predicted octanol–water partition coefficient (Wildman–Crippen LogP) is 1.68. The third kappa shape index (κ3) is 4.32. The third-order valence-corrected chi connectivity index (χ3v) is 2.14. The summed E-state index contributed by atoms with van der Waals surface area (Å²) in [6, 6.07) is 5.30. The molecular formula is C12H16N2O4. The number of urea groups is 1. The summed E-state index contributed by atoms with van der Waals surface area (Å²) in [5.74, 6) is -0.376. The quantitative estimate of drug-likeness (QED) is 0.744. The van der Waals surface area contributed by atoms with Gasteiger partial charge in [0.15, 0.2) is 0 Å². The average molecular weight is 252 g/mol. The Morgan fingerprint density at radius 2 is 1.94 bits per heavy atom. The lowest BCUT2D eigenvalue weighted by molar-refractivity contribution is -0.138. The number of benzene rings is 1. The fourth-order valence-corrected chi connectivity index (χ4v) is 1.23. The van der Waals surface area contributed by atoms with Crippen LogP contribution in [0.15, 0.2) is 24.3 Å². The van der Waals surface area contributed by atoms with E-state index < -0.39 is 18.0 Å². The van der Waals surface area contributed by atoms with Gasteiger partial charge in [-0.1, -0.05) is 0 Å². The molecule has 98 valence electrons. The molecule has 0 saturated carbocycles. The van der Waals surface area contributed by atoms with Crippen molar-refractivity contribution in [2.45, 2.75) is 19.9 Å². The van der Waals surface area contributed by atoms with Gasteiger partial charge < -0.3 is 20.5 Å². The van der Waals surface area contributed by atoms with Gasteiger partial charge in [-0.2, -0.15) is 0 Å². The fraction of sp³-hybridized carbons (Fsp3) is 0.333. The molecule has 0 aliphatic heterocycles. The minimum absolute atomic E-state index is 0.561. The van der Waals surface area contributed by atoms with Gasteiger partial charge in [-0.3, -0.25) is 4.79 Å². The number of hydrogen-bond acceptors (Lipinski definition) is 3. The SMILES string of the molecule is CCOc1ccc(NC(=O)NC(C)C(=O)O)cc1. The summed E-state index contributed by atoms with van der Waals surface area (Å²) in [7, 11) is 0. The van der Waals surface area contributed by atoms with Crippen LogP contribution in [0.5, 0.6) is 5.75 Å². The second kappa shape index (κ2) is 6.48. The van der Waals surface area contributed by atoms with E-state index in [2.05, 4.69) is 10.6 Å². The van der Waals surface area contributed by atoms with E-state index in [0.717, 1.165) is 0 Å². The zero-order valence-corrected chi connectivity index (χ0v) is 10.3. The molecule has 0 aromatic heterocycles. The lowest BCUT2D eigenvalue weighted by Gasteiger charge is -2.11. The van der Waals surface area contributed by atoms with Gasteiger partial charge in [0.25, 0.3) is 0 Å². The fourth-order valence-electron chi connectivity index (χ4n) is 1.23. The summed E-state index contributed by atoms with van der Waals surface area (Å²) >= 11 is 0. The lowest BCUT2D eigenvalue weighted by Crippen LogP contribution is -2.40. The molecule has 0 heterocycles. The predicted molar refractivity (Wildman–Crippen MR) is 66.9 cm³/mol. The van der Waals surface area contributed by atoms with Gasteiger partial charge in [-0.15, -0.1) is 0 Å². The molecule has 0 fully saturated rings. The van der Waals surface area contributed by atoms with Crippen LogP contribution in [0.2, 0.25) is 0 Å². The Labute approximate surface area is 105 Å². The molecule has 2 amide bonds. The van der Waals surface area contributed by atoms with E-state index in [1.165, 1.54) is 6.92 Å². The summed E-state index contributed by atoms with van der Waals surface area (Å²) < 4.78 is 5.26. The highest BCUT2D eigenvalue weighted by atomic mass is 16.5. The summed E-state index contributed by atoms with van der Waals surface area (Å²) in [6.45, 7) is 3.84. The molecule has 1 aromatic rings. The summed E-state index contributed by atoms with van der Waals surface area (Å²) in [5, 5.41) is 13.4. The van der Waals surface area contributed by atoms with Gasteiger partial charge in [0.2, 0.25) is 0 Å². The van der Waals surface area contributed by atoms with E-state index in [9.17, 15) is 9.59 Å². The van der Waals surface area contributed by atoms with Crippen LogP contribution in [0.25, 0.3) is 0 Å². The Kier molecular flexibility index (Phi) is 4.98. The van der Waals surface area contributed by atoms with Crippen molar-refractivity contribution in [2.24, 2.45) is 0 Å². The van der Waals surface area contributed by atoms with Gasteiger partial charge >= 0.3 is 12.0 Å². The van der Waals surface area contributed by atoms with Crippen molar-refractivity contribution >= 4 is 17.7 Å². The Morgan fingerprint density at radius 3 is 2.44 bits per heavy atom. The topological polar surface area (TPSA) is 87.7 Å². The second-order valence-electron chi connectivity index (χ2n) is 3.62. The molecule has 0 bridgehead atoms. The smallest absolute Gasteiger partial charge is 0.325 e. The first kappa shape index (κ1) is 13.8. The minimum Gasteiger partial charge on any atom is -0.494 e. The molecule has 0 saturated heterocycles. The molecule has 3 N–H and O–H groups in total. The van der Waals surface area contributed by atoms with Crippen LogP contribution in [-0.2, 0) is 4.79 Å². The molecule has 0 aliphatic rings. The van der Waals surface area contributed by atoms with Crippen molar-refractivity contribution < 1.29 is 19.4 Å². The normalized spacial score (nSPS) is 11.4. The molecule has 0 spiro atoms. The largest absolute Gasteiger partial charge is 0.494 e. The molecule has 1 atom stereocenters. The Balaban J connectivity index is 2.51. The van der Waals surface area contributed by atoms with E-state index in [4.69, 9.17) is 9.84 Å². The van der Waals surface area contributed by atoms with Crippen LogP contribution >= 0.6 is 0 Å². The number of carboxylic acid groups (broad SMARTS) is 1. The van der Waals surface area contributed by atoms with Crippen LogP contribution in [-0.4, -0.2) is 29.8 Å². The highest BCUT2D eigenvalue weighted by Gasteiger charge is 2.13. The highest BCUT2D eigenvalue weighted by Crippen LogP contribution is 2.15. The molecule has 6 heteroatoms. The number of anilines is 1. The Morgan fingerprint density at radius 1 is 1.33 bits per heavy atom. The maximum Gasteiger partial charge on any atom is 0.325 e. The van der Waals surface area contributed by atoms with Crippen molar-refractivity contribution in [3.05, 3.63) is 24.3 Å². The third-order valence-electron chi connectivity index (χ3n) is 2.14. The van der Waals surface area contributed by atoms with Crippen molar-refractivity contribution in [3.8, 4) is 5.75 Å². The molecule has 1 rings (SSSR count). The number of hydrogen-bond donors (Lipinski definition) is 3. The molecule has 0 radical (unpaired) electrons. The molecular weight excluding hydrogens is 236 g/mol. The zero-order chi connectivity index (χ0) is 13.5. The van der Waals surface area contributed by atoms with E-state index >= 15 is 0 Å². The zero-order valence-electron chi connectivity index (χ0n) is 10.3. The van der Waals surface area contributed by atoms with Gasteiger partial charge in [0.1, 0.15) is 11.8 Å². The van der Waals surface area contributed by atoms with Gasteiger partial charge in [-0.05, 0) is 38.1 Å². The van der Waals surface area contributed by atoms with E-state index in [1.54, 1.807) is 24.3 Å². The number of carboxylic acids is 1. The van der Waals surface area contributed by atoms with Crippen molar-refractivity contribution in [2.75, 3.05) is 11.9 Å². The first-order chi connectivity index (χ1) is 8.52. The second-order valence-corrected chi connectivity index (χ2v) is 3.62. The summed E-state index contributed by atoms with van der Waals surface area (Å²) in [4.78, 5) is 22.0. The number of carbonyl (C=O) groups is 2. The van der Waals surface area contributed by atoms with Crippen molar-refractivity contribution in [3.63, 3.8) is 0 Å². The molecule has 6 nitrogen and oxygen atoms in total. The molecule has 1 unspecified atom stereocenters. The Bertz CT molecular complexity index is 417. The molecule has 18 heavy (non-hydrogen) atoms. The van der Waals surface area contributed by atoms with E-state index in [-0.39, 0.29) is 0 Å². The van der Waals surface area contributed by atoms with Gasteiger partial charge in [-0.25, -0.2) is 4.79 Å². The number of carbonyl (C=O) groups excluding carboxylic acids is 1. The first-order valence-electron chi connectivity index (χ1n) is 5.56. The molecule has 0 aliphatic carbocycles. The number of ether oxygens (including phenoxy) is 1. The number of aliphatic carboxylic acids is 1. The monoisotopic (exact) mass is 252 g/mol. The summed E-state index contributed by atoms with van der Waals surface area (Å²) in [6.07, 6.45) is 0.